The van der Waals surface area contributed by atoms with Gasteiger partial charge in [-0.3, -0.25) is 9.69 Å². The van der Waals surface area contributed by atoms with Gasteiger partial charge >= 0.3 is 5.97 Å². The Kier molecular flexibility index (Phi) is 6.29. The average Bonchev–Trinajstić information content (AvgIpc) is 3.54. The Morgan fingerprint density at radius 2 is 1.86 bits per heavy atom. The van der Waals surface area contributed by atoms with Gasteiger partial charge in [0.25, 0.3) is 5.91 Å². The molecule has 2 aromatic carbocycles. The zero-order valence-corrected chi connectivity index (χ0v) is 19.9. The van der Waals surface area contributed by atoms with Gasteiger partial charge in [-0.2, -0.15) is 0 Å². The van der Waals surface area contributed by atoms with Crippen molar-refractivity contribution in [2.45, 2.75) is 19.9 Å². The monoisotopic (exact) mass is 485 g/mol. The van der Waals surface area contributed by atoms with E-state index in [9.17, 15) is 9.59 Å². The molecule has 3 heterocycles. The molecule has 2 aromatic heterocycles. The highest BCUT2D eigenvalue weighted by Crippen LogP contribution is 2.36. The van der Waals surface area contributed by atoms with Crippen LogP contribution in [0.5, 0.6) is 0 Å². The molecule has 4 aromatic rings. The van der Waals surface area contributed by atoms with Crippen LogP contribution in [0.25, 0.3) is 17.0 Å². The Morgan fingerprint density at radius 1 is 1.09 bits per heavy atom. The number of amides is 1. The minimum Gasteiger partial charge on any atom is -0.475 e. The van der Waals surface area contributed by atoms with Crippen LogP contribution in [0, 0.1) is 0 Å². The molecule has 7 nitrogen and oxygen atoms in total. The van der Waals surface area contributed by atoms with Crippen LogP contribution in [0.3, 0.4) is 0 Å². The van der Waals surface area contributed by atoms with E-state index in [1.165, 1.54) is 17.8 Å². The largest absolute Gasteiger partial charge is 0.475 e. The fraction of sp³-hybridized carbons (Fsp3) is 0.148. The van der Waals surface area contributed by atoms with Crippen molar-refractivity contribution in [3.8, 4) is 0 Å². The Hall–Kier alpha value is -4.04. The van der Waals surface area contributed by atoms with Crippen LogP contribution in [0.1, 0.15) is 35.2 Å². The van der Waals surface area contributed by atoms with Crippen molar-refractivity contribution in [3.63, 3.8) is 0 Å². The molecule has 0 radical (unpaired) electrons. The SMILES string of the molecule is CCCN1C(=O)C(=Cc2cn(Cc3ccc(C(=O)O)o3)c3ccccc23)SC1=Nc1ccccc1. The standard InChI is InChI=1S/C27H23N3O4S/c1-2-14-30-25(31)24(35-27(30)28-19-8-4-3-5-9-19)15-18-16-29(22-11-7-6-10-21(18)22)17-20-12-13-23(34-20)26(32)33/h3-13,15-16H,2,14,17H2,1H3,(H,32,33). The number of nitrogens with zero attached hydrogens (tertiary/aromatic N) is 3. The first-order valence-corrected chi connectivity index (χ1v) is 12.1. The molecule has 1 saturated heterocycles. The van der Waals surface area contributed by atoms with Crippen LogP contribution in [-0.2, 0) is 11.3 Å². The van der Waals surface area contributed by atoms with Gasteiger partial charge in [-0.25, -0.2) is 9.79 Å². The normalized spacial score (nSPS) is 16.1. The van der Waals surface area contributed by atoms with Crippen molar-refractivity contribution in [3.05, 3.63) is 94.9 Å². The number of aliphatic imine (C=N–C) groups is 1. The molecule has 0 spiro atoms. The highest BCUT2D eigenvalue weighted by molar-refractivity contribution is 8.18. The van der Waals surface area contributed by atoms with Gasteiger partial charge in [0, 0.05) is 29.2 Å². The fourth-order valence-electron chi connectivity index (χ4n) is 4.03. The maximum absolute atomic E-state index is 13.3. The molecule has 176 valence electrons. The van der Waals surface area contributed by atoms with Crippen molar-refractivity contribution < 1.29 is 19.1 Å². The average molecular weight is 486 g/mol. The van der Waals surface area contributed by atoms with E-state index in [0.29, 0.717) is 28.9 Å². The summed E-state index contributed by atoms with van der Waals surface area (Å²) in [7, 11) is 0. The molecule has 0 aliphatic carbocycles. The van der Waals surface area contributed by atoms with Gasteiger partial charge in [0.15, 0.2) is 5.17 Å². The number of furan rings is 1. The molecule has 35 heavy (non-hydrogen) atoms. The minimum absolute atomic E-state index is 0.0551. The summed E-state index contributed by atoms with van der Waals surface area (Å²) in [6.45, 7) is 3.01. The summed E-state index contributed by atoms with van der Waals surface area (Å²) in [6, 6.07) is 20.7. The molecule has 1 N–H and O–H groups in total. The predicted molar refractivity (Wildman–Crippen MR) is 138 cm³/mol. The second kappa shape index (κ2) is 9.68. The minimum atomic E-state index is -1.10. The number of rotatable bonds is 7. The predicted octanol–water partition coefficient (Wildman–Crippen LogP) is 5.99. The quantitative estimate of drug-likeness (QED) is 0.325. The third kappa shape index (κ3) is 4.65. The number of amidine groups is 1. The number of carbonyl (C=O) groups is 2. The number of carbonyl (C=O) groups excluding carboxylic acids is 1. The van der Waals surface area contributed by atoms with Gasteiger partial charge in [0.05, 0.1) is 17.1 Å². The molecule has 8 heteroatoms. The lowest BCUT2D eigenvalue weighted by Gasteiger charge is -2.13. The van der Waals surface area contributed by atoms with Crippen LogP contribution >= 0.6 is 11.8 Å². The topological polar surface area (TPSA) is 88.0 Å². The first kappa shape index (κ1) is 22.7. The molecule has 1 aliphatic heterocycles. The van der Waals surface area contributed by atoms with Crippen LogP contribution in [-0.4, -0.2) is 38.2 Å². The number of aromatic nitrogens is 1. The summed E-state index contributed by atoms with van der Waals surface area (Å²) in [5.74, 6) is -0.700. The molecule has 0 atom stereocenters. The van der Waals surface area contributed by atoms with E-state index in [1.807, 2.05) is 78.4 Å². The van der Waals surface area contributed by atoms with E-state index in [-0.39, 0.29) is 11.7 Å². The highest BCUT2D eigenvalue weighted by atomic mass is 32.2. The highest BCUT2D eigenvalue weighted by Gasteiger charge is 2.33. The fourth-order valence-corrected chi connectivity index (χ4v) is 5.05. The summed E-state index contributed by atoms with van der Waals surface area (Å²) < 4.78 is 7.45. The summed E-state index contributed by atoms with van der Waals surface area (Å²) in [5.41, 5.74) is 2.67. The van der Waals surface area contributed by atoms with Crippen LogP contribution in [0.2, 0.25) is 0 Å². The third-order valence-electron chi connectivity index (χ3n) is 5.62. The number of aromatic carboxylic acids is 1. The number of hydrogen-bond acceptors (Lipinski definition) is 5. The second-order valence-corrected chi connectivity index (χ2v) is 9.11. The smallest absolute Gasteiger partial charge is 0.371 e. The van der Waals surface area contributed by atoms with Gasteiger partial charge in [-0.1, -0.05) is 43.3 Å². The number of fused-ring (bicyclic) bond motifs is 1. The Labute approximate surface area is 206 Å². The van der Waals surface area contributed by atoms with E-state index >= 15 is 0 Å². The van der Waals surface area contributed by atoms with Crippen molar-refractivity contribution in [2.75, 3.05) is 6.54 Å². The number of thioether (sulfide) groups is 1. The molecular formula is C27H23N3O4S. The van der Waals surface area contributed by atoms with Gasteiger partial charge < -0.3 is 14.1 Å². The Bertz CT molecular complexity index is 1470. The van der Waals surface area contributed by atoms with E-state index in [2.05, 4.69) is 0 Å². The van der Waals surface area contributed by atoms with Crippen LogP contribution < -0.4 is 0 Å². The van der Waals surface area contributed by atoms with Crippen molar-refractivity contribution in [1.82, 2.24) is 9.47 Å². The molecule has 0 saturated carbocycles. The molecule has 0 unspecified atom stereocenters. The Balaban J connectivity index is 1.51. The van der Waals surface area contributed by atoms with Gasteiger partial charge in [0.1, 0.15) is 5.76 Å². The number of carboxylic acid groups (broad SMARTS) is 1. The molecular weight excluding hydrogens is 462 g/mol. The van der Waals surface area contributed by atoms with Gasteiger partial charge in [0.2, 0.25) is 5.76 Å². The van der Waals surface area contributed by atoms with Crippen molar-refractivity contribution in [1.29, 1.82) is 0 Å². The molecule has 0 bridgehead atoms. The lowest BCUT2D eigenvalue weighted by molar-refractivity contribution is -0.122. The van der Waals surface area contributed by atoms with Crippen molar-refractivity contribution >= 4 is 51.5 Å². The number of benzene rings is 2. The van der Waals surface area contributed by atoms with E-state index in [1.54, 1.807) is 11.0 Å². The molecule has 1 fully saturated rings. The van der Waals surface area contributed by atoms with E-state index in [4.69, 9.17) is 14.5 Å². The van der Waals surface area contributed by atoms with Crippen molar-refractivity contribution in [2.24, 2.45) is 4.99 Å². The van der Waals surface area contributed by atoms with E-state index in [0.717, 1.165) is 28.6 Å². The van der Waals surface area contributed by atoms with Crippen LogP contribution in [0.4, 0.5) is 5.69 Å². The molecule has 1 amide bonds. The Morgan fingerprint density at radius 3 is 2.60 bits per heavy atom. The summed E-state index contributed by atoms with van der Waals surface area (Å²) >= 11 is 1.38. The van der Waals surface area contributed by atoms with Crippen LogP contribution in [0.15, 0.2) is 87.2 Å². The summed E-state index contributed by atoms with van der Waals surface area (Å²) in [4.78, 5) is 31.5. The molecule has 5 rings (SSSR count). The first-order chi connectivity index (χ1) is 17.0. The maximum Gasteiger partial charge on any atom is 0.371 e. The lowest BCUT2D eigenvalue weighted by Crippen LogP contribution is -2.29. The summed E-state index contributed by atoms with van der Waals surface area (Å²) in [6.07, 6.45) is 4.70. The number of carboxylic acids is 1. The third-order valence-corrected chi connectivity index (χ3v) is 6.63. The second-order valence-electron chi connectivity index (χ2n) is 8.10. The van der Waals surface area contributed by atoms with Gasteiger partial charge in [-0.15, -0.1) is 0 Å². The summed E-state index contributed by atoms with van der Waals surface area (Å²) in [5, 5.41) is 10.8. The maximum atomic E-state index is 13.3. The first-order valence-electron chi connectivity index (χ1n) is 11.3. The van der Waals surface area contributed by atoms with E-state index < -0.39 is 5.97 Å². The molecule has 1 aliphatic rings. The zero-order valence-electron chi connectivity index (χ0n) is 19.0. The lowest BCUT2D eigenvalue weighted by atomic mass is 10.1. The zero-order chi connectivity index (χ0) is 24.4. The van der Waals surface area contributed by atoms with Gasteiger partial charge in [-0.05, 0) is 54.6 Å². The number of hydrogen-bond donors (Lipinski definition) is 1. The number of para-hydroxylation sites is 2.